The lowest BCUT2D eigenvalue weighted by molar-refractivity contribution is -0.327. The summed E-state index contributed by atoms with van der Waals surface area (Å²) in [4.78, 5) is 0. The second-order valence-electron chi connectivity index (χ2n) is 6.53. The number of hydrogen-bond donors (Lipinski definition) is 0. The van der Waals surface area contributed by atoms with Gasteiger partial charge >= 0.3 is 0 Å². The minimum atomic E-state index is -0.650. The van der Waals surface area contributed by atoms with Gasteiger partial charge in [-0.25, -0.2) is 0 Å². The number of hydrogen-bond acceptors (Lipinski definition) is 3. The molecule has 3 heteroatoms. The Labute approximate surface area is 100 Å². The summed E-state index contributed by atoms with van der Waals surface area (Å²) in [5.41, 5.74) is -0.442. The molecule has 0 N–H and O–H groups in total. The van der Waals surface area contributed by atoms with Crippen LogP contribution < -0.4 is 0 Å². The van der Waals surface area contributed by atoms with Gasteiger partial charge in [0.05, 0.1) is 11.2 Å². The molecule has 0 aliphatic rings. The third kappa shape index (κ3) is 9.13. The Morgan fingerprint density at radius 3 is 1.44 bits per heavy atom. The second-order valence-corrected chi connectivity index (χ2v) is 6.53. The maximum Gasteiger partial charge on any atom is 0.166 e. The molecule has 0 radical (unpaired) electrons. The maximum atomic E-state index is 5.81. The van der Waals surface area contributed by atoms with Gasteiger partial charge in [-0.3, -0.25) is 0 Å². The highest BCUT2D eigenvalue weighted by atomic mass is 16.8. The van der Waals surface area contributed by atoms with Crippen LogP contribution >= 0.6 is 0 Å². The van der Waals surface area contributed by atoms with Crippen molar-refractivity contribution >= 4 is 0 Å². The quantitative estimate of drug-likeness (QED) is 0.691. The van der Waals surface area contributed by atoms with Crippen molar-refractivity contribution in [1.82, 2.24) is 0 Å². The Hall–Kier alpha value is -0.120. The topological polar surface area (TPSA) is 27.7 Å². The van der Waals surface area contributed by atoms with E-state index in [4.69, 9.17) is 14.2 Å². The van der Waals surface area contributed by atoms with Gasteiger partial charge in [0.15, 0.2) is 12.1 Å². The summed E-state index contributed by atoms with van der Waals surface area (Å²) in [6.07, 6.45) is -0.294. The van der Waals surface area contributed by atoms with Crippen molar-refractivity contribution in [3.63, 3.8) is 0 Å². The number of rotatable bonds is 4. The van der Waals surface area contributed by atoms with Crippen LogP contribution in [0.4, 0.5) is 0 Å². The van der Waals surface area contributed by atoms with Crippen LogP contribution in [-0.2, 0) is 14.2 Å². The smallest absolute Gasteiger partial charge is 0.166 e. The molecular formula is C13H28O3. The first-order valence-electron chi connectivity index (χ1n) is 5.87. The van der Waals surface area contributed by atoms with Crippen LogP contribution in [0, 0.1) is 0 Å². The molecule has 0 heterocycles. The molecule has 0 saturated carbocycles. The normalized spacial score (nSPS) is 16.3. The largest absolute Gasteiger partial charge is 0.347 e. The second kappa shape index (κ2) is 5.03. The lowest BCUT2D eigenvalue weighted by Gasteiger charge is -2.36. The van der Waals surface area contributed by atoms with Gasteiger partial charge in [0, 0.05) is 0 Å². The summed E-state index contributed by atoms with van der Waals surface area (Å²) < 4.78 is 17.2. The van der Waals surface area contributed by atoms with E-state index in [9.17, 15) is 0 Å². The zero-order valence-corrected chi connectivity index (χ0v) is 12.3. The van der Waals surface area contributed by atoms with Crippen LogP contribution in [-0.4, -0.2) is 23.3 Å². The minimum absolute atomic E-state index is 0.211. The van der Waals surface area contributed by atoms with Crippen LogP contribution in [0.25, 0.3) is 0 Å². The molecule has 0 saturated heterocycles. The molecule has 1 unspecified atom stereocenters. The van der Waals surface area contributed by atoms with E-state index in [2.05, 4.69) is 0 Å². The van der Waals surface area contributed by atoms with Gasteiger partial charge in [-0.1, -0.05) is 0 Å². The van der Waals surface area contributed by atoms with Crippen molar-refractivity contribution in [1.29, 1.82) is 0 Å². The summed E-state index contributed by atoms with van der Waals surface area (Å²) in [6, 6.07) is 0. The van der Waals surface area contributed by atoms with Crippen molar-refractivity contribution in [3.8, 4) is 0 Å². The van der Waals surface area contributed by atoms with Gasteiger partial charge in [-0.05, 0) is 62.3 Å². The first kappa shape index (κ1) is 15.9. The first-order chi connectivity index (χ1) is 6.81. The van der Waals surface area contributed by atoms with Crippen LogP contribution in [0.2, 0.25) is 0 Å². The van der Waals surface area contributed by atoms with Crippen molar-refractivity contribution in [2.24, 2.45) is 0 Å². The van der Waals surface area contributed by atoms with Gasteiger partial charge in [-0.2, -0.15) is 0 Å². The summed E-state index contributed by atoms with van der Waals surface area (Å²) in [5.74, 6) is -0.650. The van der Waals surface area contributed by atoms with E-state index in [0.29, 0.717) is 0 Å². The maximum absolute atomic E-state index is 5.81. The fraction of sp³-hybridized carbons (Fsp3) is 1.00. The lowest BCUT2D eigenvalue weighted by Crippen LogP contribution is -2.41. The van der Waals surface area contributed by atoms with E-state index in [1.54, 1.807) is 0 Å². The predicted molar refractivity (Wildman–Crippen MR) is 66.3 cm³/mol. The predicted octanol–water partition coefficient (Wildman–Crippen LogP) is 3.72. The van der Waals surface area contributed by atoms with Crippen molar-refractivity contribution in [3.05, 3.63) is 0 Å². The molecule has 0 aromatic rings. The van der Waals surface area contributed by atoms with Crippen molar-refractivity contribution in [2.75, 3.05) is 0 Å². The third-order valence-corrected chi connectivity index (χ3v) is 1.52. The molecular weight excluding hydrogens is 204 g/mol. The van der Waals surface area contributed by atoms with Crippen molar-refractivity contribution in [2.45, 2.75) is 85.6 Å². The molecule has 3 nitrogen and oxygen atoms in total. The van der Waals surface area contributed by atoms with E-state index >= 15 is 0 Å². The molecule has 0 bridgehead atoms. The first-order valence-corrected chi connectivity index (χ1v) is 5.87. The molecule has 0 amide bonds. The average molecular weight is 232 g/mol. The molecule has 0 rings (SSSR count). The van der Waals surface area contributed by atoms with Gasteiger partial charge in [0.1, 0.15) is 0 Å². The molecule has 0 aliphatic carbocycles. The zero-order valence-electron chi connectivity index (χ0n) is 12.3. The molecule has 0 aromatic heterocycles. The van der Waals surface area contributed by atoms with Gasteiger partial charge in [0.25, 0.3) is 0 Å². The van der Waals surface area contributed by atoms with E-state index < -0.39 is 5.79 Å². The molecule has 0 aliphatic heterocycles. The van der Waals surface area contributed by atoms with Crippen LogP contribution in [0.15, 0.2) is 0 Å². The summed E-state index contributed by atoms with van der Waals surface area (Å²) in [5, 5.41) is 0. The Morgan fingerprint density at radius 2 is 1.12 bits per heavy atom. The highest BCUT2D eigenvalue weighted by molar-refractivity contribution is 4.67. The summed E-state index contributed by atoms with van der Waals surface area (Å²) in [7, 11) is 0. The monoisotopic (exact) mass is 232 g/mol. The number of ether oxygens (including phenoxy) is 3. The van der Waals surface area contributed by atoms with Gasteiger partial charge in [0.2, 0.25) is 0 Å². The van der Waals surface area contributed by atoms with Gasteiger partial charge in [-0.15, -0.1) is 0 Å². The van der Waals surface area contributed by atoms with Gasteiger partial charge < -0.3 is 14.2 Å². The molecule has 1 atom stereocenters. The molecule has 0 aromatic carbocycles. The van der Waals surface area contributed by atoms with E-state index in [1.165, 1.54) is 0 Å². The highest BCUT2D eigenvalue weighted by Gasteiger charge is 2.29. The average Bonchev–Trinajstić information content (AvgIpc) is 1.70. The van der Waals surface area contributed by atoms with Crippen molar-refractivity contribution < 1.29 is 14.2 Å². The SMILES string of the molecule is CC(OC(C)(C)C)OC(C)(C)OC(C)(C)C. The lowest BCUT2D eigenvalue weighted by atomic mass is 10.2. The molecule has 16 heavy (non-hydrogen) atoms. The fourth-order valence-electron chi connectivity index (χ4n) is 1.68. The Bertz CT molecular complexity index is 208. The van der Waals surface area contributed by atoms with Crippen LogP contribution in [0.5, 0.6) is 0 Å². The standard InChI is InChI=1S/C13H28O3/c1-10(14-11(2,3)4)15-13(8,9)16-12(5,6)7/h10H,1-9H3. The molecule has 98 valence electrons. The third-order valence-electron chi connectivity index (χ3n) is 1.52. The molecule has 0 fully saturated rings. The van der Waals surface area contributed by atoms with Crippen LogP contribution in [0.3, 0.4) is 0 Å². The zero-order chi connectivity index (χ0) is 13.2. The van der Waals surface area contributed by atoms with E-state index in [1.807, 2.05) is 62.3 Å². The summed E-state index contributed by atoms with van der Waals surface area (Å²) >= 11 is 0. The minimum Gasteiger partial charge on any atom is -0.347 e. The summed E-state index contributed by atoms with van der Waals surface area (Å²) in [6.45, 7) is 17.7. The molecule has 0 spiro atoms. The van der Waals surface area contributed by atoms with Crippen LogP contribution in [0.1, 0.15) is 62.3 Å². The van der Waals surface area contributed by atoms with E-state index in [0.717, 1.165) is 0 Å². The Balaban J connectivity index is 4.26. The Morgan fingerprint density at radius 1 is 0.688 bits per heavy atom. The fourth-order valence-corrected chi connectivity index (χ4v) is 1.68. The van der Waals surface area contributed by atoms with E-state index in [-0.39, 0.29) is 17.5 Å². The highest BCUT2D eigenvalue weighted by Crippen LogP contribution is 2.24. The Kier molecular flexibility index (Phi) is 4.99.